The van der Waals surface area contributed by atoms with E-state index in [0.717, 1.165) is 6.42 Å². The first-order chi connectivity index (χ1) is 9.58. The van der Waals surface area contributed by atoms with Crippen LogP contribution in [0.1, 0.15) is 24.8 Å². The van der Waals surface area contributed by atoms with Gasteiger partial charge < -0.3 is 10.5 Å². The van der Waals surface area contributed by atoms with Crippen LogP contribution in [-0.4, -0.2) is 25.7 Å². The number of carbonyl (C=O) groups excluding carboxylic acids is 1. The summed E-state index contributed by atoms with van der Waals surface area (Å²) < 4.78 is 5.12. The smallest absolute Gasteiger partial charge is 0.166 e. The predicted molar refractivity (Wildman–Crippen MR) is 80.5 cm³/mol. The largest absolute Gasteiger partial charge is 0.497 e. The molecule has 0 atom stereocenters. The van der Waals surface area contributed by atoms with Crippen molar-refractivity contribution in [2.75, 3.05) is 14.2 Å². The third-order valence-electron chi connectivity index (χ3n) is 3.34. The van der Waals surface area contributed by atoms with Gasteiger partial charge in [-0.15, -0.1) is 0 Å². The number of ketones is 1. The van der Waals surface area contributed by atoms with E-state index in [1.807, 2.05) is 0 Å². The van der Waals surface area contributed by atoms with Crippen LogP contribution in [0.25, 0.3) is 0 Å². The van der Waals surface area contributed by atoms with Gasteiger partial charge in [0, 0.05) is 24.7 Å². The number of rotatable bonds is 3. The van der Waals surface area contributed by atoms with Gasteiger partial charge in [-0.3, -0.25) is 9.79 Å². The minimum atomic E-state index is 0.0289. The topological polar surface area (TPSA) is 64.7 Å². The zero-order valence-corrected chi connectivity index (χ0v) is 12.3. The molecule has 0 unspecified atom stereocenters. The lowest BCUT2D eigenvalue weighted by atomic mass is 9.89. The van der Waals surface area contributed by atoms with E-state index in [1.165, 1.54) is 0 Å². The van der Waals surface area contributed by atoms with Crippen molar-refractivity contribution in [1.82, 2.24) is 0 Å². The number of halogens is 1. The quantitative estimate of drug-likeness (QED) is 0.871. The Hall–Kier alpha value is -1.81. The van der Waals surface area contributed by atoms with E-state index in [4.69, 9.17) is 22.1 Å². The fraction of sp³-hybridized carbons (Fsp3) is 0.333. The Morgan fingerprint density at radius 3 is 2.70 bits per heavy atom. The number of methoxy groups -OCH3 is 1. The number of ether oxygens (including phenoxy) is 1. The summed E-state index contributed by atoms with van der Waals surface area (Å²) in [5.41, 5.74) is 8.35. The number of hydrogen-bond acceptors (Lipinski definition) is 4. The monoisotopic (exact) mass is 292 g/mol. The van der Waals surface area contributed by atoms with Crippen molar-refractivity contribution in [3.05, 3.63) is 40.1 Å². The van der Waals surface area contributed by atoms with Gasteiger partial charge in [-0.2, -0.15) is 0 Å². The first kappa shape index (κ1) is 14.6. The molecule has 2 N–H and O–H groups in total. The lowest BCUT2D eigenvalue weighted by Crippen LogP contribution is -2.23. The molecule has 0 amide bonds. The molecule has 2 rings (SSSR count). The van der Waals surface area contributed by atoms with E-state index in [-0.39, 0.29) is 5.78 Å². The molecule has 106 valence electrons. The fourth-order valence-corrected chi connectivity index (χ4v) is 2.59. The second-order valence-corrected chi connectivity index (χ2v) is 5.00. The van der Waals surface area contributed by atoms with E-state index in [2.05, 4.69) is 4.99 Å². The maximum Gasteiger partial charge on any atom is 0.166 e. The molecular formula is C15H17ClN2O2. The number of benzene rings is 1. The molecule has 4 nitrogen and oxygen atoms in total. The number of aliphatic imine (C=N–C) groups is 1. The number of Topliss-reactive ketones (excluding diaryl/α,β-unsaturated/α-hetero) is 1. The molecule has 0 heterocycles. The normalized spacial score (nSPS) is 16.6. The van der Waals surface area contributed by atoms with Crippen molar-refractivity contribution in [3.8, 4) is 5.75 Å². The maximum absolute atomic E-state index is 12.1. The van der Waals surface area contributed by atoms with Crippen molar-refractivity contribution in [2.24, 2.45) is 10.7 Å². The molecule has 1 aromatic rings. The van der Waals surface area contributed by atoms with Gasteiger partial charge in [-0.25, -0.2) is 0 Å². The van der Waals surface area contributed by atoms with Gasteiger partial charge in [-0.1, -0.05) is 11.6 Å². The molecule has 0 spiro atoms. The van der Waals surface area contributed by atoms with Crippen LogP contribution in [-0.2, 0) is 4.79 Å². The van der Waals surface area contributed by atoms with Gasteiger partial charge in [0.25, 0.3) is 0 Å². The van der Waals surface area contributed by atoms with E-state index in [0.29, 0.717) is 46.2 Å². The van der Waals surface area contributed by atoms with Gasteiger partial charge in [-0.05, 0) is 31.0 Å². The minimum Gasteiger partial charge on any atom is -0.497 e. The van der Waals surface area contributed by atoms with Crippen LogP contribution in [0.15, 0.2) is 34.5 Å². The zero-order chi connectivity index (χ0) is 14.7. The number of hydrogen-bond donors (Lipinski definition) is 1. The molecule has 1 aromatic carbocycles. The lowest BCUT2D eigenvalue weighted by Gasteiger charge is -2.19. The van der Waals surface area contributed by atoms with Crippen molar-refractivity contribution in [3.63, 3.8) is 0 Å². The van der Waals surface area contributed by atoms with E-state index in [1.54, 1.807) is 32.4 Å². The Morgan fingerprint density at radius 2 is 2.15 bits per heavy atom. The molecule has 1 aliphatic carbocycles. The Morgan fingerprint density at radius 1 is 1.40 bits per heavy atom. The van der Waals surface area contributed by atoms with Crippen LogP contribution >= 0.6 is 11.6 Å². The number of carbonyl (C=O) groups is 1. The van der Waals surface area contributed by atoms with E-state index >= 15 is 0 Å². The Bertz CT molecular complexity index is 606. The molecule has 0 aliphatic heterocycles. The Kier molecular flexibility index (Phi) is 4.45. The lowest BCUT2D eigenvalue weighted by molar-refractivity contribution is -0.115. The van der Waals surface area contributed by atoms with Crippen LogP contribution in [0.2, 0.25) is 5.02 Å². The third kappa shape index (κ3) is 2.70. The van der Waals surface area contributed by atoms with Crippen molar-refractivity contribution >= 4 is 23.1 Å². The molecule has 20 heavy (non-hydrogen) atoms. The molecule has 5 heteroatoms. The molecule has 0 radical (unpaired) electrons. The van der Waals surface area contributed by atoms with Crippen molar-refractivity contribution < 1.29 is 9.53 Å². The average Bonchev–Trinajstić information content (AvgIpc) is 2.43. The zero-order valence-electron chi connectivity index (χ0n) is 11.6. The fourth-order valence-electron chi connectivity index (χ4n) is 2.33. The molecule has 0 aromatic heterocycles. The molecular weight excluding hydrogens is 276 g/mol. The predicted octanol–water partition coefficient (Wildman–Crippen LogP) is 2.73. The first-order valence-corrected chi connectivity index (χ1v) is 6.79. The standard InChI is InChI=1S/C15H17ClN2O2/c1-18-15(14-12(17)4-3-5-13(14)19)10-7-6-9(20-2)8-11(10)16/h6-8H,3-5,17H2,1-2H3. The van der Waals surface area contributed by atoms with Crippen LogP contribution in [0.4, 0.5) is 0 Å². The molecule has 1 aliphatic rings. The minimum absolute atomic E-state index is 0.0289. The molecule has 0 fully saturated rings. The molecule has 0 bridgehead atoms. The van der Waals surface area contributed by atoms with Crippen LogP contribution in [0, 0.1) is 0 Å². The van der Waals surface area contributed by atoms with E-state index < -0.39 is 0 Å². The summed E-state index contributed by atoms with van der Waals surface area (Å²) in [5, 5.41) is 0.489. The summed E-state index contributed by atoms with van der Waals surface area (Å²) in [6.07, 6.45) is 2.01. The van der Waals surface area contributed by atoms with Crippen LogP contribution in [0.3, 0.4) is 0 Å². The summed E-state index contributed by atoms with van der Waals surface area (Å²) in [6.45, 7) is 0. The van der Waals surface area contributed by atoms with Gasteiger partial charge in [0.1, 0.15) is 5.75 Å². The second-order valence-electron chi connectivity index (χ2n) is 4.59. The third-order valence-corrected chi connectivity index (χ3v) is 3.65. The average molecular weight is 293 g/mol. The van der Waals surface area contributed by atoms with Gasteiger partial charge in [0.05, 0.1) is 23.4 Å². The van der Waals surface area contributed by atoms with Crippen molar-refractivity contribution in [2.45, 2.75) is 19.3 Å². The highest BCUT2D eigenvalue weighted by Gasteiger charge is 2.25. The molecule has 0 saturated carbocycles. The SMILES string of the molecule is CN=C(C1=C(N)CCCC1=O)c1ccc(OC)cc1Cl. The summed E-state index contributed by atoms with van der Waals surface area (Å²) in [7, 11) is 3.21. The number of nitrogens with two attached hydrogens (primary N) is 1. The Labute approximate surface area is 123 Å². The summed E-state index contributed by atoms with van der Waals surface area (Å²) >= 11 is 6.26. The number of allylic oxidation sites excluding steroid dienone is 2. The highest BCUT2D eigenvalue weighted by molar-refractivity contribution is 6.38. The van der Waals surface area contributed by atoms with Gasteiger partial charge in [0.15, 0.2) is 5.78 Å². The van der Waals surface area contributed by atoms with Gasteiger partial charge in [0.2, 0.25) is 0 Å². The Balaban J connectivity index is 2.51. The summed E-state index contributed by atoms with van der Waals surface area (Å²) in [5.74, 6) is 0.687. The summed E-state index contributed by atoms with van der Waals surface area (Å²) in [4.78, 5) is 16.4. The van der Waals surface area contributed by atoms with Crippen LogP contribution < -0.4 is 10.5 Å². The second kappa shape index (κ2) is 6.09. The van der Waals surface area contributed by atoms with Gasteiger partial charge >= 0.3 is 0 Å². The highest BCUT2D eigenvalue weighted by atomic mass is 35.5. The van der Waals surface area contributed by atoms with E-state index in [9.17, 15) is 4.79 Å². The highest BCUT2D eigenvalue weighted by Crippen LogP contribution is 2.28. The molecule has 0 saturated heterocycles. The first-order valence-electron chi connectivity index (χ1n) is 6.41. The number of nitrogens with zero attached hydrogens (tertiary/aromatic N) is 1. The van der Waals surface area contributed by atoms with Crippen molar-refractivity contribution in [1.29, 1.82) is 0 Å². The summed E-state index contributed by atoms with van der Waals surface area (Å²) in [6, 6.07) is 5.29. The van der Waals surface area contributed by atoms with Crippen LogP contribution in [0.5, 0.6) is 5.75 Å². The maximum atomic E-state index is 12.1.